The first-order valence-electron chi connectivity index (χ1n) is 15.5. The topological polar surface area (TPSA) is 131 Å². The summed E-state index contributed by atoms with van der Waals surface area (Å²) in [5, 5.41) is 13.6. The maximum Gasteiger partial charge on any atom is 0.309 e. The monoisotopic (exact) mass is 635 g/mol. The van der Waals surface area contributed by atoms with E-state index in [1.807, 2.05) is 59.0 Å². The van der Waals surface area contributed by atoms with Crippen molar-refractivity contribution in [1.82, 2.24) is 10.0 Å². The van der Waals surface area contributed by atoms with E-state index in [0.29, 0.717) is 30.8 Å². The van der Waals surface area contributed by atoms with E-state index in [4.69, 9.17) is 10.5 Å². The van der Waals surface area contributed by atoms with E-state index in [9.17, 15) is 18.3 Å². The summed E-state index contributed by atoms with van der Waals surface area (Å²) in [6, 6.07) is 20.6. The number of benzene rings is 3. The number of rotatable bonds is 16. The summed E-state index contributed by atoms with van der Waals surface area (Å²) < 4.78 is 35.2. The Morgan fingerprint density at radius 1 is 1.02 bits per heavy atom. The van der Waals surface area contributed by atoms with Crippen molar-refractivity contribution in [3.05, 3.63) is 106 Å². The number of allylic oxidation sites excluding steroid dienone is 1. The SMILES string of the molecule is CCC(C/C(N)=C/NCc1ccc(C)cc1)C(c1ccc(C)c(CNS(=O)(=O)c2ccccc2OC(C)C)c1)C(C)(C)C(=O)O. The molecule has 2 atom stereocenters. The number of carboxylic acid groups (broad SMARTS) is 1. The lowest BCUT2D eigenvalue weighted by Crippen LogP contribution is -2.36. The molecule has 0 aliphatic rings. The zero-order valence-corrected chi connectivity index (χ0v) is 28.4. The lowest BCUT2D eigenvalue weighted by molar-refractivity contribution is -0.149. The van der Waals surface area contributed by atoms with Crippen molar-refractivity contribution in [2.45, 2.75) is 91.3 Å². The Hall–Kier alpha value is -3.82. The van der Waals surface area contributed by atoms with Gasteiger partial charge in [0.1, 0.15) is 10.6 Å². The molecule has 8 nitrogen and oxygen atoms in total. The molecular weight excluding hydrogens is 586 g/mol. The van der Waals surface area contributed by atoms with Gasteiger partial charge >= 0.3 is 5.97 Å². The number of ether oxygens (including phenoxy) is 1. The molecule has 0 heterocycles. The van der Waals surface area contributed by atoms with Crippen LogP contribution < -0.4 is 20.5 Å². The molecule has 0 fully saturated rings. The van der Waals surface area contributed by atoms with E-state index in [1.165, 1.54) is 11.6 Å². The van der Waals surface area contributed by atoms with Gasteiger partial charge in [0, 0.05) is 30.9 Å². The Bertz CT molecular complexity index is 1580. The fourth-order valence-electron chi connectivity index (χ4n) is 5.63. The molecule has 0 aromatic heterocycles. The fraction of sp³-hybridized carbons (Fsp3) is 0.417. The van der Waals surface area contributed by atoms with E-state index < -0.39 is 21.4 Å². The third kappa shape index (κ3) is 9.58. The zero-order valence-electron chi connectivity index (χ0n) is 27.6. The number of para-hydroxylation sites is 1. The fourth-order valence-corrected chi connectivity index (χ4v) is 6.77. The Morgan fingerprint density at radius 2 is 1.69 bits per heavy atom. The molecule has 2 unspecified atom stereocenters. The van der Waals surface area contributed by atoms with Gasteiger partial charge in [0.15, 0.2) is 0 Å². The quantitative estimate of drug-likeness (QED) is 0.137. The molecule has 0 radical (unpaired) electrons. The third-order valence-electron chi connectivity index (χ3n) is 8.22. The molecule has 3 aromatic carbocycles. The normalized spacial score (nSPS) is 13.8. The largest absolute Gasteiger partial charge is 0.490 e. The summed E-state index contributed by atoms with van der Waals surface area (Å²) in [7, 11) is -3.89. The van der Waals surface area contributed by atoms with Crippen LogP contribution in [-0.2, 0) is 27.9 Å². The van der Waals surface area contributed by atoms with Crippen LogP contribution in [0.2, 0.25) is 0 Å². The molecule has 3 aromatic rings. The molecule has 45 heavy (non-hydrogen) atoms. The smallest absolute Gasteiger partial charge is 0.309 e. The molecule has 0 aliphatic heterocycles. The van der Waals surface area contributed by atoms with Crippen LogP contribution in [-0.4, -0.2) is 25.6 Å². The number of aliphatic carboxylic acids is 1. The van der Waals surface area contributed by atoms with Crippen molar-refractivity contribution in [3.63, 3.8) is 0 Å². The second kappa shape index (κ2) is 15.5. The van der Waals surface area contributed by atoms with E-state index in [-0.39, 0.29) is 29.4 Å². The van der Waals surface area contributed by atoms with Crippen molar-refractivity contribution in [2.24, 2.45) is 17.1 Å². The number of hydrogen-bond donors (Lipinski definition) is 4. The van der Waals surface area contributed by atoms with Gasteiger partial charge < -0.3 is 20.9 Å². The average Bonchev–Trinajstić information content (AvgIpc) is 2.97. The molecule has 0 saturated carbocycles. The van der Waals surface area contributed by atoms with Gasteiger partial charge in [-0.1, -0.05) is 73.5 Å². The van der Waals surface area contributed by atoms with Crippen LogP contribution in [0, 0.1) is 25.2 Å². The van der Waals surface area contributed by atoms with Crippen LogP contribution in [0.15, 0.2) is 83.5 Å². The summed E-state index contributed by atoms with van der Waals surface area (Å²) in [5.41, 5.74) is 10.8. The molecule has 244 valence electrons. The van der Waals surface area contributed by atoms with Gasteiger partial charge in [-0.15, -0.1) is 0 Å². The lowest BCUT2D eigenvalue weighted by Gasteiger charge is -2.37. The van der Waals surface area contributed by atoms with Crippen molar-refractivity contribution in [2.75, 3.05) is 0 Å². The molecule has 0 bridgehead atoms. The predicted molar refractivity (Wildman–Crippen MR) is 180 cm³/mol. The van der Waals surface area contributed by atoms with Gasteiger partial charge in [0.05, 0.1) is 11.5 Å². The van der Waals surface area contributed by atoms with Gasteiger partial charge in [-0.2, -0.15) is 0 Å². The maximum atomic E-state index is 13.4. The highest BCUT2D eigenvalue weighted by atomic mass is 32.2. The predicted octanol–water partition coefficient (Wildman–Crippen LogP) is 6.77. The number of hydrogen-bond acceptors (Lipinski definition) is 6. The Morgan fingerprint density at radius 3 is 2.31 bits per heavy atom. The van der Waals surface area contributed by atoms with E-state index >= 15 is 0 Å². The first kappa shape index (κ1) is 35.7. The molecular formula is C36H49N3O5S. The van der Waals surface area contributed by atoms with Crippen molar-refractivity contribution in [3.8, 4) is 5.75 Å². The van der Waals surface area contributed by atoms with Crippen LogP contribution >= 0.6 is 0 Å². The standard InChI is InChI=1S/C36H49N3O5S/c1-8-28(20-31(37)23-38-21-27-16-13-25(4)14-17-27)34(36(6,7)35(40)41)29-18-15-26(5)30(19-29)22-39-45(42,43)33-12-10-9-11-32(33)44-24(2)3/h9-19,23-24,28,34,38-39H,8,20-22,37H2,1-7H3,(H,40,41)/b31-23-. The molecule has 0 saturated heterocycles. The van der Waals surface area contributed by atoms with E-state index in [1.54, 1.807) is 32.0 Å². The first-order valence-corrected chi connectivity index (χ1v) is 17.0. The van der Waals surface area contributed by atoms with Crippen LogP contribution in [0.3, 0.4) is 0 Å². The Labute approximate surface area is 269 Å². The highest BCUT2D eigenvalue weighted by Crippen LogP contribution is 2.45. The lowest BCUT2D eigenvalue weighted by atomic mass is 9.66. The van der Waals surface area contributed by atoms with Crippen LogP contribution in [0.5, 0.6) is 5.75 Å². The minimum Gasteiger partial charge on any atom is -0.490 e. The van der Waals surface area contributed by atoms with Gasteiger partial charge in [0.25, 0.3) is 0 Å². The van der Waals surface area contributed by atoms with Gasteiger partial charge in [-0.05, 0) is 88.3 Å². The highest BCUT2D eigenvalue weighted by Gasteiger charge is 2.42. The minimum atomic E-state index is -3.89. The number of sulfonamides is 1. The number of aryl methyl sites for hydroxylation is 2. The maximum absolute atomic E-state index is 13.4. The van der Waals surface area contributed by atoms with Gasteiger partial charge in [-0.25, -0.2) is 13.1 Å². The molecule has 5 N–H and O–H groups in total. The average molecular weight is 636 g/mol. The molecule has 0 spiro atoms. The highest BCUT2D eigenvalue weighted by molar-refractivity contribution is 7.89. The van der Waals surface area contributed by atoms with Crippen molar-refractivity contribution < 1.29 is 23.1 Å². The molecule has 9 heteroatoms. The minimum absolute atomic E-state index is 0.0417. The summed E-state index contributed by atoms with van der Waals surface area (Å²) in [6.45, 7) is 13.9. The van der Waals surface area contributed by atoms with Crippen molar-refractivity contribution >= 4 is 16.0 Å². The Kier molecular flexibility index (Phi) is 12.2. The zero-order chi connectivity index (χ0) is 33.4. The number of carbonyl (C=O) groups is 1. The summed E-state index contributed by atoms with van der Waals surface area (Å²) in [4.78, 5) is 12.7. The number of carboxylic acids is 1. The first-order chi connectivity index (χ1) is 21.1. The summed E-state index contributed by atoms with van der Waals surface area (Å²) in [6.07, 6.45) is 2.83. The Balaban J connectivity index is 1.87. The summed E-state index contributed by atoms with van der Waals surface area (Å²) >= 11 is 0. The van der Waals surface area contributed by atoms with Gasteiger partial charge in [-0.3, -0.25) is 4.79 Å². The van der Waals surface area contributed by atoms with Crippen molar-refractivity contribution in [1.29, 1.82) is 0 Å². The van der Waals surface area contributed by atoms with E-state index in [2.05, 4.69) is 34.3 Å². The number of nitrogens with two attached hydrogens (primary N) is 1. The second-order valence-corrected chi connectivity index (χ2v) is 14.3. The van der Waals surface area contributed by atoms with Crippen LogP contribution in [0.1, 0.15) is 81.2 Å². The molecule has 0 amide bonds. The van der Waals surface area contributed by atoms with E-state index in [0.717, 1.165) is 22.3 Å². The second-order valence-electron chi connectivity index (χ2n) is 12.6. The van der Waals surface area contributed by atoms with Gasteiger partial charge in [0.2, 0.25) is 10.0 Å². The number of nitrogens with one attached hydrogen (secondary N) is 2. The summed E-state index contributed by atoms with van der Waals surface area (Å²) in [5.74, 6) is -1.09. The molecule has 3 rings (SSSR count). The van der Waals surface area contributed by atoms with Crippen LogP contribution in [0.25, 0.3) is 0 Å². The van der Waals surface area contributed by atoms with Crippen LogP contribution in [0.4, 0.5) is 0 Å². The third-order valence-corrected chi connectivity index (χ3v) is 9.66. The molecule has 0 aliphatic carbocycles.